The van der Waals surface area contributed by atoms with E-state index in [1.807, 2.05) is 24.3 Å². The van der Waals surface area contributed by atoms with Crippen LogP contribution in [0.5, 0.6) is 5.75 Å². The quantitative estimate of drug-likeness (QED) is 0.917. The smallest absolute Gasteiger partial charge is 0.251 e. The summed E-state index contributed by atoms with van der Waals surface area (Å²) in [5.74, 6) is 1.02. The van der Waals surface area contributed by atoms with Crippen molar-refractivity contribution in [1.82, 2.24) is 10.3 Å². The minimum atomic E-state index is -0.0941. The maximum absolute atomic E-state index is 12.2. The van der Waals surface area contributed by atoms with Crippen LogP contribution >= 0.6 is 0 Å². The van der Waals surface area contributed by atoms with Crippen LogP contribution in [0.4, 0.5) is 0 Å². The summed E-state index contributed by atoms with van der Waals surface area (Å²) in [4.78, 5) is 16.2. The zero-order chi connectivity index (χ0) is 15.2. The fourth-order valence-corrected chi connectivity index (χ4v) is 2.11. The van der Waals surface area contributed by atoms with Gasteiger partial charge < -0.3 is 10.1 Å². The van der Waals surface area contributed by atoms with E-state index in [-0.39, 0.29) is 5.91 Å². The molecule has 1 heterocycles. The van der Waals surface area contributed by atoms with Gasteiger partial charge in [-0.2, -0.15) is 0 Å². The van der Waals surface area contributed by atoms with E-state index in [2.05, 4.69) is 24.1 Å². The first-order valence-corrected chi connectivity index (χ1v) is 6.97. The summed E-state index contributed by atoms with van der Waals surface area (Å²) >= 11 is 0. The van der Waals surface area contributed by atoms with E-state index < -0.39 is 0 Å². The molecule has 0 atom stereocenters. The summed E-state index contributed by atoms with van der Waals surface area (Å²) in [6.45, 7) is 4.63. The lowest BCUT2D eigenvalue weighted by atomic mass is 9.99. The molecule has 0 fully saturated rings. The molecule has 2 rings (SSSR count). The van der Waals surface area contributed by atoms with Crippen molar-refractivity contribution in [1.29, 1.82) is 0 Å². The number of carbonyl (C=O) groups is 1. The molecule has 0 aliphatic heterocycles. The number of hydrogen-bond donors (Lipinski definition) is 1. The van der Waals surface area contributed by atoms with Gasteiger partial charge in [0.15, 0.2) is 0 Å². The Morgan fingerprint density at radius 3 is 2.76 bits per heavy atom. The minimum Gasteiger partial charge on any atom is -0.496 e. The second kappa shape index (κ2) is 6.88. The number of hydrogen-bond acceptors (Lipinski definition) is 3. The molecule has 0 radical (unpaired) electrons. The van der Waals surface area contributed by atoms with Gasteiger partial charge in [0, 0.05) is 24.5 Å². The van der Waals surface area contributed by atoms with Gasteiger partial charge in [0.05, 0.1) is 7.11 Å². The molecule has 4 heteroatoms. The third kappa shape index (κ3) is 3.81. The SMILES string of the molecule is COc1ccc(C(=O)NCc2cccnc2)cc1C(C)C. The average Bonchev–Trinajstić information content (AvgIpc) is 2.52. The van der Waals surface area contributed by atoms with Crippen LogP contribution in [0.1, 0.15) is 41.3 Å². The highest BCUT2D eigenvalue weighted by atomic mass is 16.5. The lowest BCUT2D eigenvalue weighted by Gasteiger charge is -2.13. The molecular formula is C17H20N2O2. The number of nitrogens with one attached hydrogen (secondary N) is 1. The number of rotatable bonds is 5. The topological polar surface area (TPSA) is 51.2 Å². The number of pyridine rings is 1. The molecule has 1 aromatic heterocycles. The Bertz CT molecular complexity index is 609. The summed E-state index contributed by atoms with van der Waals surface area (Å²) in [5, 5.41) is 2.90. The standard InChI is InChI=1S/C17H20N2O2/c1-12(2)15-9-14(6-7-16(15)21-3)17(20)19-11-13-5-4-8-18-10-13/h4-10,12H,11H2,1-3H3,(H,19,20). The second-order valence-electron chi connectivity index (χ2n) is 5.16. The second-order valence-corrected chi connectivity index (χ2v) is 5.16. The predicted octanol–water partition coefficient (Wildman–Crippen LogP) is 3.14. The van der Waals surface area contributed by atoms with E-state index in [0.717, 1.165) is 16.9 Å². The minimum absolute atomic E-state index is 0.0941. The Morgan fingerprint density at radius 1 is 1.33 bits per heavy atom. The van der Waals surface area contributed by atoms with Crippen molar-refractivity contribution < 1.29 is 9.53 Å². The summed E-state index contributed by atoms with van der Waals surface area (Å²) in [6, 6.07) is 9.30. The third-order valence-corrected chi connectivity index (χ3v) is 3.29. The molecule has 4 nitrogen and oxygen atoms in total. The van der Waals surface area contributed by atoms with Gasteiger partial charge in [-0.05, 0) is 41.3 Å². The Labute approximate surface area is 125 Å². The molecule has 110 valence electrons. The highest BCUT2D eigenvalue weighted by molar-refractivity contribution is 5.94. The first-order valence-electron chi connectivity index (χ1n) is 6.97. The van der Waals surface area contributed by atoms with Gasteiger partial charge in [0.25, 0.3) is 5.91 Å². The number of benzene rings is 1. The molecule has 0 aliphatic carbocycles. The number of carbonyl (C=O) groups excluding carboxylic acids is 1. The van der Waals surface area contributed by atoms with Crippen molar-refractivity contribution in [2.75, 3.05) is 7.11 Å². The van der Waals surface area contributed by atoms with Crippen LogP contribution in [-0.4, -0.2) is 18.0 Å². The van der Waals surface area contributed by atoms with E-state index in [9.17, 15) is 4.79 Å². The summed E-state index contributed by atoms with van der Waals surface area (Å²) in [7, 11) is 1.64. The van der Waals surface area contributed by atoms with Crippen molar-refractivity contribution in [3.8, 4) is 5.75 Å². The molecule has 0 saturated carbocycles. The predicted molar refractivity (Wildman–Crippen MR) is 82.5 cm³/mol. The lowest BCUT2D eigenvalue weighted by molar-refractivity contribution is 0.0950. The molecule has 21 heavy (non-hydrogen) atoms. The summed E-state index contributed by atoms with van der Waals surface area (Å²) in [5.41, 5.74) is 2.65. The molecular weight excluding hydrogens is 264 g/mol. The van der Waals surface area contributed by atoms with Gasteiger partial charge >= 0.3 is 0 Å². The fourth-order valence-electron chi connectivity index (χ4n) is 2.11. The van der Waals surface area contributed by atoms with Crippen LogP contribution in [0.15, 0.2) is 42.7 Å². The monoisotopic (exact) mass is 284 g/mol. The molecule has 1 N–H and O–H groups in total. The van der Waals surface area contributed by atoms with Crippen LogP contribution in [0.25, 0.3) is 0 Å². The van der Waals surface area contributed by atoms with Crippen LogP contribution in [0.2, 0.25) is 0 Å². The van der Waals surface area contributed by atoms with E-state index in [4.69, 9.17) is 4.74 Å². The molecule has 1 aromatic carbocycles. The third-order valence-electron chi connectivity index (χ3n) is 3.29. The zero-order valence-electron chi connectivity index (χ0n) is 12.6. The highest BCUT2D eigenvalue weighted by Gasteiger charge is 2.12. The Morgan fingerprint density at radius 2 is 2.14 bits per heavy atom. The number of nitrogens with zero attached hydrogens (tertiary/aromatic N) is 1. The summed E-state index contributed by atoms with van der Waals surface area (Å²) < 4.78 is 5.33. The number of aromatic nitrogens is 1. The van der Waals surface area contributed by atoms with Gasteiger partial charge in [-0.25, -0.2) is 0 Å². The van der Waals surface area contributed by atoms with E-state index in [1.54, 1.807) is 25.6 Å². The average molecular weight is 284 g/mol. The van der Waals surface area contributed by atoms with Crippen molar-refractivity contribution in [3.05, 3.63) is 59.4 Å². The van der Waals surface area contributed by atoms with Crippen LogP contribution < -0.4 is 10.1 Å². The number of amides is 1. The van der Waals surface area contributed by atoms with Crippen LogP contribution in [-0.2, 0) is 6.54 Å². The normalized spacial score (nSPS) is 10.5. The van der Waals surface area contributed by atoms with E-state index >= 15 is 0 Å². The maximum atomic E-state index is 12.2. The molecule has 0 spiro atoms. The Hall–Kier alpha value is -2.36. The number of ether oxygens (including phenoxy) is 1. The molecule has 1 amide bonds. The molecule has 0 saturated heterocycles. The van der Waals surface area contributed by atoms with Crippen LogP contribution in [0, 0.1) is 0 Å². The van der Waals surface area contributed by atoms with Crippen molar-refractivity contribution >= 4 is 5.91 Å². The van der Waals surface area contributed by atoms with Gasteiger partial charge in [0.2, 0.25) is 0 Å². The molecule has 0 aliphatic rings. The summed E-state index contributed by atoms with van der Waals surface area (Å²) in [6.07, 6.45) is 3.46. The maximum Gasteiger partial charge on any atom is 0.251 e. The first kappa shape index (κ1) is 15.0. The first-order chi connectivity index (χ1) is 10.1. The van der Waals surface area contributed by atoms with Crippen LogP contribution in [0.3, 0.4) is 0 Å². The highest BCUT2D eigenvalue weighted by Crippen LogP contribution is 2.27. The van der Waals surface area contributed by atoms with E-state index in [1.165, 1.54) is 0 Å². The number of methoxy groups -OCH3 is 1. The largest absolute Gasteiger partial charge is 0.496 e. The molecule has 0 unspecified atom stereocenters. The Kier molecular flexibility index (Phi) is 4.93. The van der Waals surface area contributed by atoms with E-state index in [0.29, 0.717) is 18.0 Å². The Balaban J connectivity index is 2.10. The van der Waals surface area contributed by atoms with Gasteiger partial charge in [-0.15, -0.1) is 0 Å². The molecule has 2 aromatic rings. The van der Waals surface area contributed by atoms with Crippen molar-refractivity contribution in [2.24, 2.45) is 0 Å². The fraction of sp³-hybridized carbons (Fsp3) is 0.294. The zero-order valence-corrected chi connectivity index (χ0v) is 12.6. The van der Waals surface area contributed by atoms with Gasteiger partial charge in [-0.3, -0.25) is 9.78 Å². The van der Waals surface area contributed by atoms with Gasteiger partial charge in [-0.1, -0.05) is 19.9 Å². The lowest BCUT2D eigenvalue weighted by Crippen LogP contribution is -2.23. The van der Waals surface area contributed by atoms with Crippen molar-refractivity contribution in [2.45, 2.75) is 26.3 Å². The molecule has 0 bridgehead atoms. The van der Waals surface area contributed by atoms with Gasteiger partial charge in [0.1, 0.15) is 5.75 Å². The van der Waals surface area contributed by atoms with Crippen molar-refractivity contribution in [3.63, 3.8) is 0 Å².